The molecule has 4 nitrogen and oxygen atoms in total. The van der Waals surface area contributed by atoms with E-state index in [1.807, 2.05) is 12.3 Å². The Hall–Kier alpha value is -1.13. The third-order valence-corrected chi connectivity index (χ3v) is 3.55. The fourth-order valence-electron chi connectivity index (χ4n) is 2.35. The fourth-order valence-corrected chi connectivity index (χ4v) is 2.35. The third-order valence-electron chi connectivity index (χ3n) is 3.55. The molecule has 18 heavy (non-hydrogen) atoms. The second-order valence-electron chi connectivity index (χ2n) is 5.09. The van der Waals surface area contributed by atoms with Crippen molar-refractivity contribution in [3.05, 3.63) is 23.9 Å². The average Bonchev–Trinajstić information content (AvgIpc) is 3.24. The number of nitrogens with one attached hydrogen (secondary N) is 1. The summed E-state index contributed by atoms with van der Waals surface area (Å²) in [5, 5.41) is 3.57. The summed E-state index contributed by atoms with van der Waals surface area (Å²) in [6.45, 7) is 4.62. The molecule has 0 bridgehead atoms. The minimum Gasteiger partial charge on any atom is -0.380 e. The van der Waals surface area contributed by atoms with Crippen molar-refractivity contribution < 1.29 is 4.74 Å². The lowest BCUT2D eigenvalue weighted by Crippen LogP contribution is -2.29. The van der Waals surface area contributed by atoms with Crippen molar-refractivity contribution in [1.82, 2.24) is 10.3 Å². The molecule has 1 aromatic rings. The monoisotopic (exact) mass is 247 g/mol. The van der Waals surface area contributed by atoms with Crippen LogP contribution in [-0.2, 0) is 11.3 Å². The summed E-state index contributed by atoms with van der Waals surface area (Å²) < 4.78 is 5.51. The van der Waals surface area contributed by atoms with Crippen LogP contribution in [0.15, 0.2) is 18.3 Å². The van der Waals surface area contributed by atoms with Gasteiger partial charge in [0.1, 0.15) is 5.82 Å². The molecular formula is C14H21N3O. The minimum atomic E-state index is 0.741. The van der Waals surface area contributed by atoms with Crippen molar-refractivity contribution in [3.8, 4) is 0 Å². The first-order valence-electron chi connectivity index (χ1n) is 6.93. The molecule has 98 valence electrons. The first-order chi connectivity index (χ1) is 8.93. The Morgan fingerprint density at radius 1 is 1.33 bits per heavy atom. The van der Waals surface area contributed by atoms with Gasteiger partial charge in [0.2, 0.25) is 0 Å². The van der Waals surface area contributed by atoms with Gasteiger partial charge >= 0.3 is 0 Å². The summed E-state index contributed by atoms with van der Waals surface area (Å²) >= 11 is 0. The number of hydrogen-bond donors (Lipinski definition) is 1. The van der Waals surface area contributed by atoms with Gasteiger partial charge in [-0.15, -0.1) is 0 Å². The molecule has 0 unspecified atom stereocenters. The lowest BCUT2D eigenvalue weighted by Gasteiger charge is -2.23. The predicted molar refractivity (Wildman–Crippen MR) is 71.7 cm³/mol. The molecule has 4 heteroatoms. The highest BCUT2D eigenvalue weighted by molar-refractivity contribution is 5.46. The van der Waals surface area contributed by atoms with E-state index in [9.17, 15) is 0 Å². The van der Waals surface area contributed by atoms with Crippen LogP contribution in [0.1, 0.15) is 24.8 Å². The first kappa shape index (κ1) is 11.9. The van der Waals surface area contributed by atoms with Gasteiger partial charge in [-0.2, -0.15) is 0 Å². The Morgan fingerprint density at radius 3 is 3.17 bits per heavy atom. The first-order valence-corrected chi connectivity index (χ1v) is 6.93. The van der Waals surface area contributed by atoms with Crippen molar-refractivity contribution >= 4 is 5.82 Å². The van der Waals surface area contributed by atoms with Crippen LogP contribution in [-0.4, -0.2) is 37.3 Å². The normalized spacial score (nSPS) is 20.8. The highest BCUT2D eigenvalue weighted by Gasteiger charge is 2.21. The zero-order valence-electron chi connectivity index (χ0n) is 10.8. The second-order valence-corrected chi connectivity index (χ2v) is 5.09. The van der Waals surface area contributed by atoms with Gasteiger partial charge in [0.05, 0.1) is 6.61 Å². The van der Waals surface area contributed by atoms with Crippen molar-refractivity contribution in [1.29, 1.82) is 0 Å². The van der Waals surface area contributed by atoms with E-state index in [0.717, 1.165) is 51.1 Å². The molecule has 3 rings (SSSR count). The topological polar surface area (TPSA) is 37.4 Å². The molecule has 0 amide bonds. The van der Waals surface area contributed by atoms with E-state index in [1.165, 1.54) is 18.4 Å². The zero-order chi connectivity index (χ0) is 12.2. The number of ether oxygens (including phenoxy) is 1. The number of anilines is 1. The maximum atomic E-state index is 5.51. The molecule has 1 aliphatic carbocycles. The molecule has 1 saturated heterocycles. The third kappa shape index (κ3) is 3.00. The number of pyridine rings is 1. The van der Waals surface area contributed by atoms with E-state index in [4.69, 9.17) is 4.74 Å². The van der Waals surface area contributed by atoms with E-state index in [1.54, 1.807) is 0 Å². The van der Waals surface area contributed by atoms with E-state index >= 15 is 0 Å². The van der Waals surface area contributed by atoms with Crippen molar-refractivity contribution in [2.75, 3.05) is 31.2 Å². The Bertz CT molecular complexity index is 384. The minimum absolute atomic E-state index is 0.741. The van der Waals surface area contributed by atoms with E-state index < -0.39 is 0 Å². The summed E-state index contributed by atoms with van der Waals surface area (Å²) in [5.41, 5.74) is 1.31. The average molecular weight is 247 g/mol. The number of rotatable bonds is 4. The van der Waals surface area contributed by atoms with Gasteiger partial charge in [-0.05, 0) is 25.3 Å². The quantitative estimate of drug-likeness (QED) is 0.876. The molecule has 1 aromatic heterocycles. The van der Waals surface area contributed by atoms with Crippen LogP contribution in [0.25, 0.3) is 0 Å². The van der Waals surface area contributed by atoms with Gasteiger partial charge in [0.25, 0.3) is 0 Å². The largest absolute Gasteiger partial charge is 0.380 e. The van der Waals surface area contributed by atoms with E-state index in [-0.39, 0.29) is 0 Å². The van der Waals surface area contributed by atoms with E-state index in [0.29, 0.717) is 0 Å². The summed E-state index contributed by atoms with van der Waals surface area (Å²) in [4.78, 5) is 6.93. The summed E-state index contributed by atoms with van der Waals surface area (Å²) in [6, 6.07) is 4.95. The number of hydrogen-bond acceptors (Lipinski definition) is 4. The molecule has 0 radical (unpaired) electrons. The number of nitrogens with zero attached hydrogens (tertiary/aromatic N) is 2. The molecule has 2 aliphatic rings. The van der Waals surface area contributed by atoms with Gasteiger partial charge < -0.3 is 15.0 Å². The molecule has 2 fully saturated rings. The Morgan fingerprint density at radius 2 is 2.28 bits per heavy atom. The lowest BCUT2D eigenvalue weighted by atomic mass is 10.2. The van der Waals surface area contributed by atoms with Crippen molar-refractivity contribution in [2.24, 2.45) is 0 Å². The van der Waals surface area contributed by atoms with Gasteiger partial charge in [-0.25, -0.2) is 4.98 Å². The Labute approximate surface area is 108 Å². The zero-order valence-corrected chi connectivity index (χ0v) is 10.8. The standard InChI is InChI=1S/C14H21N3O/c1-3-12(11-16-13-4-5-13)14(15-6-1)17-7-2-9-18-10-8-17/h1,3,6,13,16H,2,4-5,7-11H2. The maximum Gasteiger partial charge on any atom is 0.133 e. The SMILES string of the molecule is c1cnc(N2CCCOCC2)c(CNC2CC2)c1. The molecule has 1 aliphatic heterocycles. The Balaban J connectivity index is 1.71. The van der Waals surface area contributed by atoms with Crippen LogP contribution >= 0.6 is 0 Å². The number of aromatic nitrogens is 1. The van der Waals surface area contributed by atoms with Crippen LogP contribution in [0.4, 0.5) is 5.82 Å². The molecule has 0 atom stereocenters. The van der Waals surface area contributed by atoms with Crippen LogP contribution in [0.5, 0.6) is 0 Å². The van der Waals surface area contributed by atoms with Gasteiger partial charge in [-0.1, -0.05) is 6.07 Å². The van der Waals surface area contributed by atoms with Crippen LogP contribution in [0.3, 0.4) is 0 Å². The van der Waals surface area contributed by atoms with E-state index in [2.05, 4.69) is 21.3 Å². The highest BCUT2D eigenvalue weighted by Crippen LogP contribution is 2.22. The smallest absolute Gasteiger partial charge is 0.133 e. The molecule has 2 heterocycles. The Kier molecular flexibility index (Phi) is 3.76. The van der Waals surface area contributed by atoms with Gasteiger partial charge in [0, 0.05) is 44.0 Å². The van der Waals surface area contributed by atoms with Crippen molar-refractivity contribution in [3.63, 3.8) is 0 Å². The lowest BCUT2D eigenvalue weighted by molar-refractivity contribution is 0.152. The summed E-state index contributed by atoms with van der Waals surface area (Å²) in [7, 11) is 0. The van der Waals surface area contributed by atoms with Crippen LogP contribution in [0.2, 0.25) is 0 Å². The van der Waals surface area contributed by atoms with Crippen LogP contribution in [0, 0.1) is 0 Å². The maximum absolute atomic E-state index is 5.51. The van der Waals surface area contributed by atoms with Crippen LogP contribution < -0.4 is 10.2 Å². The second kappa shape index (κ2) is 5.67. The molecule has 1 N–H and O–H groups in total. The van der Waals surface area contributed by atoms with Crippen molar-refractivity contribution in [2.45, 2.75) is 31.8 Å². The summed E-state index contributed by atoms with van der Waals surface area (Å²) in [5.74, 6) is 1.14. The molecular weight excluding hydrogens is 226 g/mol. The molecule has 1 saturated carbocycles. The van der Waals surface area contributed by atoms with Gasteiger partial charge in [0.15, 0.2) is 0 Å². The highest BCUT2D eigenvalue weighted by atomic mass is 16.5. The molecule has 0 spiro atoms. The summed E-state index contributed by atoms with van der Waals surface area (Å²) in [6.07, 6.45) is 5.63. The van der Waals surface area contributed by atoms with Gasteiger partial charge in [-0.3, -0.25) is 0 Å². The fraction of sp³-hybridized carbons (Fsp3) is 0.643. The predicted octanol–water partition coefficient (Wildman–Crippen LogP) is 1.56. The molecule has 0 aromatic carbocycles.